The fraction of sp³-hybridized carbons (Fsp3) is 0.467. The Hall–Kier alpha value is -1.53. The highest BCUT2D eigenvalue weighted by Crippen LogP contribution is 2.21. The summed E-state index contributed by atoms with van der Waals surface area (Å²) in [7, 11) is 0. The maximum absolute atomic E-state index is 11.8. The summed E-state index contributed by atoms with van der Waals surface area (Å²) in [4.78, 5) is 23.3. The number of hydrogen-bond acceptors (Lipinski definition) is 4. The Morgan fingerprint density at radius 2 is 2.00 bits per heavy atom. The number of nitrogens with one attached hydrogen (secondary N) is 2. The summed E-state index contributed by atoms with van der Waals surface area (Å²) in [6.45, 7) is 1.72. The van der Waals surface area contributed by atoms with E-state index < -0.39 is 17.4 Å². The van der Waals surface area contributed by atoms with Crippen LogP contribution < -0.4 is 10.6 Å². The van der Waals surface area contributed by atoms with Crippen molar-refractivity contribution in [3.8, 4) is 0 Å². The number of carbonyl (C=O) groups excluding carboxylic acids is 2. The molecule has 6 heteroatoms. The summed E-state index contributed by atoms with van der Waals surface area (Å²) in [5.74, 6) is 0.0708. The molecule has 1 aliphatic rings. The number of aliphatic hydroxyl groups is 1. The number of hydrogen-bond donors (Lipinski definition) is 3. The molecule has 0 bridgehead atoms. The van der Waals surface area contributed by atoms with Crippen molar-refractivity contribution in [1.29, 1.82) is 0 Å². The van der Waals surface area contributed by atoms with Crippen LogP contribution in [0.2, 0.25) is 0 Å². The van der Waals surface area contributed by atoms with Gasteiger partial charge in [0.15, 0.2) is 0 Å². The third kappa shape index (κ3) is 5.40. The SMILES string of the molecule is C[C@H](SC[C@@H](O)c1ccccc1)C(=O)NC(=O)NC1CC1. The molecule has 3 N–H and O–H groups in total. The van der Waals surface area contributed by atoms with Crippen molar-refractivity contribution in [3.63, 3.8) is 0 Å². The van der Waals surface area contributed by atoms with E-state index in [2.05, 4.69) is 10.6 Å². The highest BCUT2D eigenvalue weighted by molar-refractivity contribution is 8.00. The topological polar surface area (TPSA) is 78.4 Å². The molecule has 5 nitrogen and oxygen atoms in total. The van der Waals surface area contributed by atoms with Gasteiger partial charge in [0.1, 0.15) is 0 Å². The van der Waals surface area contributed by atoms with Crippen LogP contribution in [0.4, 0.5) is 4.79 Å². The Labute approximate surface area is 128 Å². The summed E-state index contributed by atoms with van der Waals surface area (Å²) in [6, 6.07) is 9.10. The quantitative estimate of drug-likeness (QED) is 0.749. The fourth-order valence-electron chi connectivity index (χ4n) is 1.75. The number of aliphatic hydroxyl groups excluding tert-OH is 1. The van der Waals surface area contributed by atoms with Crippen molar-refractivity contribution < 1.29 is 14.7 Å². The van der Waals surface area contributed by atoms with Crippen LogP contribution in [0.1, 0.15) is 31.4 Å². The fourth-order valence-corrected chi connectivity index (χ4v) is 2.62. The summed E-state index contributed by atoms with van der Waals surface area (Å²) in [5.41, 5.74) is 0.823. The average Bonchev–Trinajstić information content (AvgIpc) is 3.28. The van der Waals surface area contributed by atoms with E-state index in [1.54, 1.807) is 6.92 Å². The van der Waals surface area contributed by atoms with E-state index in [-0.39, 0.29) is 11.9 Å². The van der Waals surface area contributed by atoms with E-state index in [1.165, 1.54) is 11.8 Å². The molecule has 0 aliphatic heterocycles. The molecule has 1 aromatic rings. The molecule has 0 radical (unpaired) electrons. The minimum atomic E-state index is -0.619. The normalized spacial score (nSPS) is 16.9. The second-order valence-electron chi connectivity index (χ2n) is 5.14. The predicted octanol–water partition coefficient (Wildman–Crippen LogP) is 1.83. The molecule has 3 amide bonds. The molecule has 1 saturated carbocycles. The Morgan fingerprint density at radius 3 is 2.62 bits per heavy atom. The molecule has 0 saturated heterocycles. The molecule has 0 unspecified atom stereocenters. The van der Waals surface area contributed by atoms with Gasteiger partial charge in [0.05, 0.1) is 11.4 Å². The van der Waals surface area contributed by atoms with Gasteiger partial charge in [-0.3, -0.25) is 10.1 Å². The zero-order chi connectivity index (χ0) is 15.2. The van der Waals surface area contributed by atoms with Crippen molar-refractivity contribution in [1.82, 2.24) is 10.6 Å². The van der Waals surface area contributed by atoms with E-state index in [1.807, 2.05) is 30.3 Å². The zero-order valence-corrected chi connectivity index (χ0v) is 12.7. The van der Waals surface area contributed by atoms with Crippen LogP contribution in [0.25, 0.3) is 0 Å². The molecule has 114 valence electrons. The predicted molar refractivity (Wildman–Crippen MR) is 83.0 cm³/mol. The smallest absolute Gasteiger partial charge is 0.321 e. The van der Waals surface area contributed by atoms with E-state index in [0.29, 0.717) is 5.75 Å². The Balaban J connectivity index is 1.71. The highest BCUT2D eigenvalue weighted by Gasteiger charge is 2.25. The van der Waals surface area contributed by atoms with Crippen molar-refractivity contribution in [3.05, 3.63) is 35.9 Å². The molecule has 0 spiro atoms. The first-order chi connectivity index (χ1) is 10.1. The second-order valence-corrected chi connectivity index (χ2v) is 6.51. The molecular formula is C15H20N2O3S. The van der Waals surface area contributed by atoms with E-state index in [9.17, 15) is 14.7 Å². The van der Waals surface area contributed by atoms with Gasteiger partial charge in [-0.15, -0.1) is 11.8 Å². The maximum atomic E-state index is 11.8. The number of thioether (sulfide) groups is 1. The van der Waals surface area contributed by atoms with E-state index in [4.69, 9.17) is 0 Å². The van der Waals surface area contributed by atoms with Gasteiger partial charge in [0.2, 0.25) is 5.91 Å². The second kappa shape index (κ2) is 7.47. The number of urea groups is 1. The lowest BCUT2D eigenvalue weighted by Crippen LogP contribution is -2.43. The number of benzene rings is 1. The number of carbonyl (C=O) groups is 2. The van der Waals surface area contributed by atoms with E-state index in [0.717, 1.165) is 18.4 Å². The molecule has 0 aromatic heterocycles. The van der Waals surface area contributed by atoms with Crippen molar-refractivity contribution in [2.24, 2.45) is 0 Å². The van der Waals surface area contributed by atoms with Crippen LogP contribution in [0, 0.1) is 0 Å². The average molecular weight is 308 g/mol. The molecule has 21 heavy (non-hydrogen) atoms. The Kier molecular flexibility index (Phi) is 5.64. The summed E-state index contributed by atoms with van der Waals surface area (Å²) < 4.78 is 0. The van der Waals surface area contributed by atoms with Gasteiger partial charge < -0.3 is 10.4 Å². The summed E-state index contributed by atoms with van der Waals surface area (Å²) in [5, 5.41) is 14.7. The largest absolute Gasteiger partial charge is 0.388 e. The van der Waals surface area contributed by atoms with Gasteiger partial charge >= 0.3 is 6.03 Å². The van der Waals surface area contributed by atoms with Gasteiger partial charge in [-0.05, 0) is 25.3 Å². The number of imide groups is 1. The minimum absolute atomic E-state index is 0.223. The standard InChI is InChI=1S/C15H20N2O3S/c1-10(14(19)17-15(20)16-12-7-8-12)21-9-13(18)11-5-3-2-4-6-11/h2-6,10,12-13,18H,7-9H2,1H3,(H2,16,17,19,20)/t10-,13+/m0/s1. The first kappa shape index (κ1) is 15.9. The van der Waals surface area contributed by atoms with Gasteiger partial charge in [0, 0.05) is 11.8 Å². The van der Waals surface area contributed by atoms with Crippen molar-refractivity contribution in [2.75, 3.05) is 5.75 Å². The summed E-state index contributed by atoms with van der Waals surface area (Å²) in [6.07, 6.45) is 1.34. The number of rotatable bonds is 6. The Bertz CT molecular complexity index is 491. The summed E-state index contributed by atoms with van der Waals surface area (Å²) >= 11 is 1.32. The number of amides is 3. The van der Waals surface area contributed by atoms with Gasteiger partial charge in [-0.2, -0.15) is 0 Å². The molecule has 1 aromatic carbocycles. The van der Waals surface area contributed by atoms with E-state index >= 15 is 0 Å². The van der Waals surface area contributed by atoms with Gasteiger partial charge in [-0.25, -0.2) is 4.79 Å². The molecule has 0 heterocycles. The van der Waals surface area contributed by atoms with Crippen LogP contribution in [0.15, 0.2) is 30.3 Å². The molecule has 1 fully saturated rings. The van der Waals surface area contributed by atoms with Crippen LogP contribution in [-0.4, -0.2) is 34.1 Å². The van der Waals surface area contributed by atoms with Crippen LogP contribution in [-0.2, 0) is 4.79 Å². The first-order valence-electron chi connectivity index (χ1n) is 7.02. The van der Waals surface area contributed by atoms with Gasteiger partial charge in [-0.1, -0.05) is 30.3 Å². The van der Waals surface area contributed by atoms with Crippen LogP contribution >= 0.6 is 11.8 Å². The Morgan fingerprint density at radius 1 is 1.33 bits per heavy atom. The highest BCUT2D eigenvalue weighted by atomic mass is 32.2. The van der Waals surface area contributed by atoms with Gasteiger partial charge in [0.25, 0.3) is 0 Å². The maximum Gasteiger partial charge on any atom is 0.321 e. The third-order valence-electron chi connectivity index (χ3n) is 3.21. The van der Waals surface area contributed by atoms with Crippen molar-refractivity contribution >= 4 is 23.7 Å². The molecule has 2 atom stereocenters. The molecular weight excluding hydrogens is 288 g/mol. The zero-order valence-electron chi connectivity index (χ0n) is 11.9. The van der Waals surface area contributed by atoms with Crippen molar-refractivity contribution in [2.45, 2.75) is 37.2 Å². The lowest BCUT2D eigenvalue weighted by molar-refractivity contribution is -0.119. The first-order valence-corrected chi connectivity index (χ1v) is 8.07. The third-order valence-corrected chi connectivity index (χ3v) is 4.43. The van der Waals surface area contributed by atoms with Crippen LogP contribution in [0.3, 0.4) is 0 Å². The molecule has 2 rings (SSSR count). The van der Waals surface area contributed by atoms with Crippen LogP contribution in [0.5, 0.6) is 0 Å². The lowest BCUT2D eigenvalue weighted by atomic mass is 10.1. The monoisotopic (exact) mass is 308 g/mol. The minimum Gasteiger partial charge on any atom is -0.388 e. The lowest BCUT2D eigenvalue weighted by Gasteiger charge is -2.15. The molecule has 1 aliphatic carbocycles.